The molecular formula is C18H18N4O. The van der Waals surface area contributed by atoms with E-state index in [-0.39, 0.29) is 6.10 Å². The Morgan fingerprint density at radius 2 is 1.83 bits per heavy atom. The van der Waals surface area contributed by atoms with E-state index in [2.05, 4.69) is 32.4 Å². The number of hydrogen-bond acceptors (Lipinski definition) is 5. The van der Waals surface area contributed by atoms with Crippen molar-refractivity contribution in [3.05, 3.63) is 78.5 Å². The second kappa shape index (κ2) is 7.35. The van der Waals surface area contributed by atoms with E-state index in [1.807, 2.05) is 37.3 Å². The summed E-state index contributed by atoms with van der Waals surface area (Å²) in [5, 5.41) is 3.27. The van der Waals surface area contributed by atoms with Crippen LogP contribution >= 0.6 is 0 Å². The zero-order chi connectivity index (χ0) is 15.9. The first kappa shape index (κ1) is 15.0. The number of benzene rings is 1. The summed E-state index contributed by atoms with van der Waals surface area (Å²) in [7, 11) is 0. The second-order valence-corrected chi connectivity index (χ2v) is 5.12. The molecule has 0 unspecified atom stereocenters. The van der Waals surface area contributed by atoms with Crippen molar-refractivity contribution in [3.63, 3.8) is 0 Å². The Morgan fingerprint density at radius 3 is 2.61 bits per heavy atom. The summed E-state index contributed by atoms with van der Waals surface area (Å²) in [6, 6.07) is 13.9. The van der Waals surface area contributed by atoms with Gasteiger partial charge in [-0.2, -0.15) is 0 Å². The van der Waals surface area contributed by atoms with Gasteiger partial charge in [-0.15, -0.1) is 0 Å². The maximum atomic E-state index is 6.06. The molecule has 5 nitrogen and oxygen atoms in total. The van der Waals surface area contributed by atoms with E-state index in [4.69, 9.17) is 4.74 Å². The first-order valence-electron chi connectivity index (χ1n) is 7.47. The van der Waals surface area contributed by atoms with Crippen LogP contribution in [0, 0.1) is 0 Å². The highest BCUT2D eigenvalue weighted by atomic mass is 16.5. The smallest absolute Gasteiger partial charge is 0.169 e. The molecule has 0 saturated heterocycles. The van der Waals surface area contributed by atoms with Gasteiger partial charge in [0.05, 0.1) is 0 Å². The molecule has 0 radical (unpaired) electrons. The van der Waals surface area contributed by atoms with Gasteiger partial charge in [-0.25, -0.2) is 15.0 Å². The van der Waals surface area contributed by atoms with Crippen LogP contribution in [0.3, 0.4) is 0 Å². The Kier molecular flexibility index (Phi) is 4.79. The number of nitrogens with one attached hydrogen (secondary N) is 1. The van der Waals surface area contributed by atoms with Gasteiger partial charge in [-0.05, 0) is 24.6 Å². The number of ether oxygens (including phenoxy) is 1. The largest absolute Gasteiger partial charge is 0.482 e. The lowest BCUT2D eigenvalue weighted by atomic mass is 10.1. The summed E-state index contributed by atoms with van der Waals surface area (Å²) in [6.07, 6.45) is 6.75. The minimum atomic E-state index is -0.0546. The topological polar surface area (TPSA) is 59.9 Å². The Hall–Kier alpha value is -2.95. The van der Waals surface area contributed by atoms with E-state index in [1.54, 1.807) is 18.6 Å². The molecule has 0 fully saturated rings. The molecule has 0 aliphatic rings. The molecule has 3 aromatic rings. The third kappa shape index (κ3) is 4.03. The highest BCUT2D eigenvalue weighted by Crippen LogP contribution is 2.27. The monoisotopic (exact) mass is 306 g/mol. The molecule has 1 atom stereocenters. The minimum absolute atomic E-state index is 0.0546. The fraction of sp³-hybridized carbons (Fsp3) is 0.167. The minimum Gasteiger partial charge on any atom is -0.482 e. The standard InChI is InChI=1S/C18H18N4O/c1-14(16-6-3-2-4-7-16)23-17-8-5-9-21-18(17)22-12-15-10-19-13-20-11-15/h2-11,13-14H,12H2,1H3,(H,21,22)/t14-/m0/s1. The predicted octanol–water partition coefficient (Wildman–Crippen LogP) is 3.62. The number of nitrogens with zero attached hydrogens (tertiary/aromatic N) is 3. The zero-order valence-electron chi connectivity index (χ0n) is 12.9. The lowest BCUT2D eigenvalue weighted by Crippen LogP contribution is -2.08. The Bertz CT molecular complexity index is 734. The molecule has 0 aliphatic carbocycles. The van der Waals surface area contributed by atoms with E-state index in [0.717, 1.165) is 16.9 Å². The van der Waals surface area contributed by atoms with Crippen molar-refractivity contribution >= 4 is 5.82 Å². The fourth-order valence-electron chi connectivity index (χ4n) is 2.21. The molecule has 2 aromatic heterocycles. The Labute approximate surface area is 135 Å². The van der Waals surface area contributed by atoms with Crippen LogP contribution in [0.25, 0.3) is 0 Å². The summed E-state index contributed by atoms with van der Waals surface area (Å²) < 4.78 is 6.06. The van der Waals surface area contributed by atoms with Gasteiger partial charge >= 0.3 is 0 Å². The van der Waals surface area contributed by atoms with Gasteiger partial charge in [0.15, 0.2) is 11.6 Å². The SMILES string of the molecule is C[C@H](Oc1cccnc1NCc1cncnc1)c1ccccc1. The first-order chi connectivity index (χ1) is 11.3. The van der Waals surface area contributed by atoms with Crippen LogP contribution in [-0.2, 0) is 6.54 Å². The second-order valence-electron chi connectivity index (χ2n) is 5.12. The normalized spacial score (nSPS) is 11.7. The van der Waals surface area contributed by atoms with E-state index in [0.29, 0.717) is 12.4 Å². The molecule has 116 valence electrons. The van der Waals surface area contributed by atoms with E-state index >= 15 is 0 Å². The van der Waals surface area contributed by atoms with Crippen LogP contribution in [0.4, 0.5) is 5.82 Å². The zero-order valence-corrected chi connectivity index (χ0v) is 12.9. The Morgan fingerprint density at radius 1 is 1.04 bits per heavy atom. The summed E-state index contributed by atoms with van der Waals surface area (Å²) in [6.45, 7) is 2.62. The first-order valence-corrected chi connectivity index (χ1v) is 7.47. The average Bonchev–Trinajstić information content (AvgIpc) is 2.62. The van der Waals surface area contributed by atoms with Crippen molar-refractivity contribution < 1.29 is 4.74 Å². The molecule has 5 heteroatoms. The lowest BCUT2D eigenvalue weighted by Gasteiger charge is -2.17. The van der Waals surface area contributed by atoms with Crippen LogP contribution in [0.1, 0.15) is 24.2 Å². The number of rotatable bonds is 6. The molecule has 1 N–H and O–H groups in total. The molecule has 2 heterocycles. The number of aromatic nitrogens is 3. The van der Waals surface area contributed by atoms with Crippen molar-refractivity contribution in [2.75, 3.05) is 5.32 Å². The van der Waals surface area contributed by atoms with Gasteiger partial charge in [-0.1, -0.05) is 30.3 Å². The summed E-state index contributed by atoms with van der Waals surface area (Å²) in [5.74, 6) is 1.43. The number of pyridine rings is 1. The molecule has 0 saturated carbocycles. The van der Waals surface area contributed by atoms with Gasteiger partial charge < -0.3 is 10.1 Å². The molecule has 0 amide bonds. The predicted molar refractivity (Wildman–Crippen MR) is 89.1 cm³/mol. The van der Waals surface area contributed by atoms with E-state index < -0.39 is 0 Å². The third-order valence-corrected chi connectivity index (χ3v) is 3.42. The van der Waals surface area contributed by atoms with Crippen molar-refractivity contribution in [1.82, 2.24) is 15.0 Å². The maximum Gasteiger partial charge on any atom is 0.169 e. The quantitative estimate of drug-likeness (QED) is 0.753. The molecule has 0 bridgehead atoms. The molecule has 3 rings (SSSR count). The highest BCUT2D eigenvalue weighted by molar-refractivity contribution is 5.50. The third-order valence-electron chi connectivity index (χ3n) is 3.42. The molecule has 0 spiro atoms. The molecule has 1 aromatic carbocycles. The van der Waals surface area contributed by atoms with Crippen LogP contribution < -0.4 is 10.1 Å². The van der Waals surface area contributed by atoms with E-state index in [9.17, 15) is 0 Å². The lowest BCUT2D eigenvalue weighted by molar-refractivity contribution is 0.227. The number of anilines is 1. The summed E-state index contributed by atoms with van der Waals surface area (Å²) in [4.78, 5) is 12.4. The van der Waals surface area contributed by atoms with Gasteiger partial charge in [0.2, 0.25) is 0 Å². The van der Waals surface area contributed by atoms with Crippen molar-refractivity contribution in [1.29, 1.82) is 0 Å². The number of hydrogen-bond donors (Lipinski definition) is 1. The van der Waals surface area contributed by atoms with Crippen LogP contribution in [0.15, 0.2) is 67.4 Å². The molecule has 0 aliphatic heterocycles. The average molecular weight is 306 g/mol. The van der Waals surface area contributed by atoms with Crippen molar-refractivity contribution in [2.24, 2.45) is 0 Å². The van der Waals surface area contributed by atoms with Crippen molar-refractivity contribution in [3.8, 4) is 5.75 Å². The van der Waals surface area contributed by atoms with Crippen molar-refractivity contribution in [2.45, 2.75) is 19.6 Å². The molecule has 23 heavy (non-hydrogen) atoms. The van der Waals surface area contributed by atoms with Crippen LogP contribution in [0.2, 0.25) is 0 Å². The van der Waals surface area contributed by atoms with Crippen LogP contribution in [-0.4, -0.2) is 15.0 Å². The maximum absolute atomic E-state index is 6.06. The van der Waals surface area contributed by atoms with Gasteiger partial charge in [0.25, 0.3) is 0 Å². The summed E-state index contributed by atoms with van der Waals surface area (Å²) in [5.41, 5.74) is 2.11. The fourth-order valence-corrected chi connectivity index (χ4v) is 2.21. The van der Waals surface area contributed by atoms with Gasteiger partial charge in [0.1, 0.15) is 12.4 Å². The Balaban J connectivity index is 1.70. The van der Waals surface area contributed by atoms with Gasteiger partial charge in [-0.3, -0.25) is 0 Å². The van der Waals surface area contributed by atoms with E-state index in [1.165, 1.54) is 6.33 Å². The van der Waals surface area contributed by atoms with Gasteiger partial charge in [0, 0.05) is 30.7 Å². The van der Waals surface area contributed by atoms with Crippen LogP contribution in [0.5, 0.6) is 5.75 Å². The highest BCUT2D eigenvalue weighted by Gasteiger charge is 2.10. The molecular weight excluding hydrogens is 288 g/mol. The summed E-state index contributed by atoms with van der Waals surface area (Å²) >= 11 is 0.